The summed E-state index contributed by atoms with van der Waals surface area (Å²) >= 11 is 0. The number of pyridine rings is 2. The van der Waals surface area contributed by atoms with Gasteiger partial charge in [-0.15, -0.1) is 0 Å². The number of hydrogen-bond donors (Lipinski definition) is 0. The molecular weight excluding hydrogens is 733 g/mol. The van der Waals surface area contributed by atoms with Crippen LogP contribution in [-0.2, 0) is 0 Å². The molecule has 0 bridgehead atoms. The number of hydrogen-bond acceptors (Lipinski definition) is 6. The van der Waals surface area contributed by atoms with Gasteiger partial charge in [-0.05, 0) is 81.9 Å². The van der Waals surface area contributed by atoms with Crippen molar-refractivity contribution in [3.63, 3.8) is 0 Å². The Balaban J connectivity index is 0.968. The first-order valence-corrected chi connectivity index (χ1v) is 19.8. The average Bonchev–Trinajstić information content (AvgIpc) is 3.35. The van der Waals surface area contributed by atoms with Crippen molar-refractivity contribution in [1.82, 2.24) is 29.9 Å². The summed E-state index contributed by atoms with van der Waals surface area (Å²) in [6.07, 6.45) is 7.17. The summed E-state index contributed by atoms with van der Waals surface area (Å²) in [6, 6.07) is 66.7. The molecule has 6 nitrogen and oxygen atoms in total. The highest BCUT2D eigenvalue weighted by Crippen LogP contribution is 2.33. The van der Waals surface area contributed by atoms with Crippen LogP contribution in [0.1, 0.15) is 0 Å². The van der Waals surface area contributed by atoms with E-state index in [-0.39, 0.29) is 0 Å². The van der Waals surface area contributed by atoms with Crippen LogP contribution < -0.4 is 0 Å². The van der Waals surface area contributed by atoms with E-state index in [0.29, 0.717) is 11.6 Å². The topological polar surface area (TPSA) is 77.3 Å². The third kappa shape index (κ3) is 7.73. The van der Waals surface area contributed by atoms with Crippen molar-refractivity contribution in [1.29, 1.82) is 0 Å². The molecule has 0 amide bonds. The van der Waals surface area contributed by atoms with E-state index in [0.717, 1.165) is 89.5 Å². The molecular formula is C54H36N6. The van der Waals surface area contributed by atoms with Crippen LogP contribution >= 0.6 is 0 Å². The predicted octanol–water partition coefficient (Wildman–Crippen LogP) is 13.1. The largest absolute Gasteiger partial charge is 0.265 e. The molecule has 0 spiro atoms. The summed E-state index contributed by atoms with van der Waals surface area (Å²) in [5, 5.41) is 0. The van der Waals surface area contributed by atoms with Gasteiger partial charge in [-0.3, -0.25) is 9.97 Å². The SMILES string of the molecule is c1ccc(-c2cccc(-c3nc(-c4ccncc4)cc(-c4ccc(-c5ccc(-c6cc(-c7ccncc7)nc(-c7cccc(-c8ccccc8)c7)n6)cc5)cc4)n3)c2)cc1. The summed E-state index contributed by atoms with van der Waals surface area (Å²) in [5.41, 5.74) is 16.0. The molecule has 0 N–H and O–H groups in total. The Hall–Kier alpha value is -8.22. The van der Waals surface area contributed by atoms with Gasteiger partial charge in [0.25, 0.3) is 0 Å². The van der Waals surface area contributed by atoms with E-state index in [9.17, 15) is 0 Å². The van der Waals surface area contributed by atoms with E-state index in [2.05, 4.69) is 168 Å². The fraction of sp³-hybridized carbons (Fsp3) is 0. The molecule has 0 saturated heterocycles. The zero-order valence-corrected chi connectivity index (χ0v) is 32.5. The summed E-state index contributed by atoms with van der Waals surface area (Å²) in [6.45, 7) is 0. The molecule has 282 valence electrons. The molecule has 4 aromatic heterocycles. The second kappa shape index (κ2) is 16.3. The average molecular weight is 769 g/mol. The van der Waals surface area contributed by atoms with E-state index in [4.69, 9.17) is 19.9 Å². The maximum absolute atomic E-state index is 5.12. The van der Waals surface area contributed by atoms with Crippen molar-refractivity contribution in [2.75, 3.05) is 0 Å². The van der Waals surface area contributed by atoms with Gasteiger partial charge in [0, 0.05) is 58.2 Å². The lowest BCUT2D eigenvalue weighted by molar-refractivity contribution is 1.18. The highest BCUT2D eigenvalue weighted by Gasteiger charge is 2.14. The van der Waals surface area contributed by atoms with Crippen molar-refractivity contribution in [3.05, 3.63) is 219 Å². The Labute approximate surface area is 348 Å². The highest BCUT2D eigenvalue weighted by molar-refractivity contribution is 5.78. The summed E-state index contributed by atoms with van der Waals surface area (Å²) in [7, 11) is 0. The van der Waals surface area contributed by atoms with E-state index in [1.54, 1.807) is 24.8 Å². The van der Waals surface area contributed by atoms with Crippen molar-refractivity contribution in [2.45, 2.75) is 0 Å². The highest BCUT2D eigenvalue weighted by atomic mass is 14.9. The molecule has 0 aliphatic heterocycles. The van der Waals surface area contributed by atoms with Crippen LogP contribution in [0.15, 0.2) is 219 Å². The van der Waals surface area contributed by atoms with Gasteiger partial charge >= 0.3 is 0 Å². The smallest absolute Gasteiger partial charge is 0.160 e. The van der Waals surface area contributed by atoms with Crippen LogP contribution in [0, 0.1) is 0 Å². The normalized spacial score (nSPS) is 11.0. The van der Waals surface area contributed by atoms with Gasteiger partial charge < -0.3 is 0 Å². The number of benzene rings is 6. The first-order valence-electron chi connectivity index (χ1n) is 19.8. The fourth-order valence-electron chi connectivity index (χ4n) is 7.39. The minimum atomic E-state index is 0.667. The molecule has 0 fully saturated rings. The van der Waals surface area contributed by atoms with Crippen LogP contribution in [-0.4, -0.2) is 29.9 Å². The zero-order chi connectivity index (χ0) is 40.1. The van der Waals surface area contributed by atoms with Gasteiger partial charge in [0.15, 0.2) is 11.6 Å². The maximum atomic E-state index is 5.12. The van der Waals surface area contributed by atoms with Gasteiger partial charge in [-0.1, -0.05) is 146 Å². The lowest BCUT2D eigenvalue weighted by Crippen LogP contribution is -1.96. The molecule has 0 saturated carbocycles. The van der Waals surface area contributed by atoms with Crippen molar-refractivity contribution >= 4 is 0 Å². The predicted molar refractivity (Wildman–Crippen MR) is 242 cm³/mol. The van der Waals surface area contributed by atoms with E-state index in [1.807, 2.05) is 36.4 Å². The van der Waals surface area contributed by atoms with Crippen molar-refractivity contribution < 1.29 is 0 Å². The standard InChI is InChI=1S/C54H36N6/c1-3-9-37(10-4-1)45-13-7-15-47(33-45)53-57-49(35-51(59-53)43-25-29-55-30-26-43)41-21-17-39(18-22-41)40-19-23-42(24-20-40)50-36-52(44-27-31-56-32-28-44)60-54(58-50)48-16-8-14-46(34-48)38-11-5-2-6-12-38/h1-36H. The van der Waals surface area contributed by atoms with Crippen LogP contribution in [0.2, 0.25) is 0 Å². The van der Waals surface area contributed by atoms with Crippen LogP contribution in [0.5, 0.6) is 0 Å². The van der Waals surface area contributed by atoms with Crippen LogP contribution in [0.25, 0.3) is 101 Å². The third-order valence-electron chi connectivity index (χ3n) is 10.6. The molecule has 0 aliphatic carbocycles. The van der Waals surface area contributed by atoms with Crippen molar-refractivity contribution in [3.8, 4) is 101 Å². The molecule has 0 aliphatic rings. The first kappa shape index (κ1) is 36.1. The van der Waals surface area contributed by atoms with E-state index >= 15 is 0 Å². The van der Waals surface area contributed by atoms with Crippen LogP contribution in [0.4, 0.5) is 0 Å². The van der Waals surface area contributed by atoms with Gasteiger partial charge in [-0.2, -0.15) is 0 Å². The first-order chi connectivity index (χ1) is 29.7. The third-order valence-corrected chi connectivity index (χ3v) is 10.6. The molecule has 0 unspecified atom stereocenters. The second-order valence-corrected chi connectivity index (χ2v) is 14.4. The number of rotatable bonds is 9. The molecule has 6 aromatic carbocycles. The molecule has 0 atom stereocenters. The zero-order valence-electron chi connectivity index (χ0n) is 32.5. The minimum absolute atomic E-state index is 0.667. The molecule has 60 heavy (non-hydrogen) atoms. The van der Waals surface area contributed by atoms with Gasteiger partial charge in [0.1, 0.15) is 0 Å². The Morgan fingerprint density at radius 1 is 0.200 bits per heavy atom. The molecule has 10 aromatic rings. The lowest BCUT2D eigenvalue weighted by Gasteiger charge is -2.12. The van der Waals surface area contributed by atoms with Gasteiger partial charge in [-0.25, -0.2) is 19.9 Å². The molecule has 4 heterocycles. The van der Waals surface area contributed by atoms with E-state index < -0.39 is 0 Å². The fourth-order valence-corrected chi connectivity index (χ4v) is 7.39. The Bertz CT molecular complexity index is 2830. The Kier molecular flexibility index (Phi) is 9.84. The van der Waals surface area contributed by atoms with Gasteiger partial charge in [0.05, 0.1) is 22.8 Å². The summed E-state index contributed by atoms with van der Waals surface area (Å²) < 4.78 is 0. The maximum Gasteiger partial charge on any atom is 0.160 e. The molecule has 6 heteroatoms. The Morgan fingerprint density at radius 3 is 0.850 bits per heavy atom. The van der Waals surface area contributed by atoms with Gasteiger partial charge in [0.2, 0.25) is 0 Å². The molecule has 10 rings (SSSR count). The quantitative estimate of drug-likeness (QED) is 0.145. The van der Waals surface area contributed by atoms with Crippen molar-refractivity contribution in [2.24, 2.45) is 0 Å². The number of aromatic nitrogens is 6. The van der Waals surface area contributed by atoms with Crippen LogP contribution in [0.3, 0.4) is 0 Å². The summed E-state index contributed by atoms with van der Waals surface area (Å²) in [4.78, 5) is 28.8. The lowest BCUT2D eigenvalue weighted by atomic mass is 9.99. The monoisotopic (exact) mass is 768 g/mol. The number of nitrogens with zero attached hydrogens (tertiary/aromatic N) is 6. The minimum Gasteiger partial charge on any atom is -0.265 e. The Morgan fingerprint density at radius 2 is 0.483 bits per heavy atom. The second-order valence-electron chi connectivity index (χ2n) is 14.4. The van der Waals surface area contributed by atoms with E-state index in [1.165, 1.54) is 0 Å². The molecule has 0 radical (unpaired) electrons. The summed E-state index contributed by atoms with van der Waals surface area (Å²) in [5.74, 6) is 1.33.